The van der Waals surface area contributed by atoms with E-state index in [1.165, 1.54) is 6.33 Å². The molecule has 0 atom stereocenters. The molecule has 0 amide bonds. The van der Waals surface area contributed by atoms with E-state index in [1.54, 1.807) is 6.20 Å². The molecule has 0 radical (unpaired) electrons. The van der Waals surface area contributed by atoms with Crippen LogP contribution in [0.5, 0.6) is 0 Å². The number of nitrogens with two attached hydrogens (primary N) is 1. The predicted octanol–water partition coefficient (Wildman–Crippen LogP) is 1.57. The Balaban J connectivity index is 2.36. The van der Waals surface area contributed by atoms with Crippen LogP contribution in [0.25, 0.3) is 0 Å². The summed E-state index contributed by atoms with van der Waals surface area (Å²) in [6, 6.07) is 3.86. The lowest BCUT2D eigenvalue weighted by molar-refractivity contribution is 1.04. The summed E-state index contributed by atoms with van der Waals surface area (Å²) in [4.78, 5) is 14.4. The molecule has 0 saturated heterocycles. The van der Waals surface area contributed by atoms with Gasteiger partial charge >= 0.3 is 0 Å². The first kappa shape index (κ1) is 12.1. The molecule has 2 aromatic rings. The zero-order chi connectivity index (χ0) is 13.1. The van der Waals surface area contributed by atoms with Crippen molar-refractivity contribution in [2.24, 2.45) is 0 Å². The molecular weight excluding hydrogens is 228 g/mol. The van der Waals surface area contributed by atoms with Crippen LogP contribution in [-0.2, 0) is 0 Å². The molecule has 6 nitrogen and oxygen atoms in total. The lowest BCUT2D eigenvalue weighted by Gasteiger charge is -2.16. The van der Waals surface area contributed by atoms with Gasteiger partial charge in [0.2, 0.25) is 0 Å². The van der Waals surface area contributed by atoms with Crippen LogP contribution < -0.4 is 16.0 Å². The van der Waals surface area contributed by atoms with Crippen molar-refractivity contribution in [3.05, 3.63) is 30.2 Å². The lowest BCUT2D eigenvalue weighted by Crippen LogP contribution is -2.15. The minimum Gasteiger partial charge on any atom is -0.393 e. The molecule has 2 rings (SSSR count). The summed E-state index contributed by atoms with van der Waals surface area (Å²) in [5.74, 6) is 1.99. The molecule has 0 aliphatic rings. The second-order valence-corrected chi connectivity index (χ2v) is 4.15. The van der Waals surface area contributed by atoms with E-state index < -0.39 is 0 Å². The van der Waals surface area contributed by atoms with E-state index in [1.807, 2.05) is 38.1 Å². The normalized spacial score (nSPS) is 10.2. The van der Waals surface area contributed by atoms with Gasteiger partial charge in [0, 0.05) is 20.3 Å². The highest BCUT2D eigenvalue weighted by Gasteiger charge is 2.10. The Morgan fingerprint density at radius 3 is 2.61 bits per heavy atom. The summed E-state index contributed by atoms with van der Waals surface area (Å²) in [5, 5.41) is 3.12. The predicted molar refractivity (Wildman–Crippen MR) is 73.0 cm³/mol. The van der Waals surface area contributed by atoms with Crippen molar-refractivity contribution in [3.8, 4) is 0 Å². The van der Waals surface area contributed by atoms with Crippen LogP contribution >= 0.6 is 0 Å². The molecule has 0 bridgehead atoms. The average Bonchev–Trinajstić information content (AvgIpc) is 2.34. The van der Waals surface area contributed by atoms with E-state index >= 15 is 0 Å². The summed E-state index contributed by atoms with van der Waals surface area (Å²) in [6.07, 6.45) is 3.20. The number of nitrogens with one attached hydrogen (secondary N) is 1. The first-order valence-electron chi connectivity index (χ1n) is 5.56. The molecule has 0 aliphatic carbocycles. The van der Waals surface area contributed by atoms with Crippen molar-refractivity contribution < 1.29 is 0 Å². The third kappa shape index (κ3) is 2.32. The average molecular weight is 244 g/mol. The summed E-state index contributed by atoms with van der Waals surface area (Å²) in [7, 11) is 3.77. The van der Waals surface area contributed by atoms with Crippen LogP contribution in [0, 0.1) is 6.92 Å². The molecule has 94 valence electrons. The van der Waals surface area contributed by atoms with Gasteiger partial charge in [-0.25, -0.2) is 15.0 Å². The molecule has 18 heavy (non-hydrogen) atoms. The fourth-order valence-corrected chi connectivity index (χ4v) is 1.57. The fourth-order valence-electron chi connectivity index (χ4n) is 1.57. The number of rotatable bonds is 3. The van der Waals surface area contributed by atoms with Crippen LogP contribution in [0.15, 0.2) is 24.7 Å². The van der Waals surface area contributed by atoms with Gasteiger partial charge in [-0.1, -0.05) is 6.07 Å². The zero-order valence-corrected chi connectivity index (χ0v) is 10.7. The first-order chi connectivity index (χ1) is 8.59. The Bertz CT molecular complexity index is 552. The highest BCUT2D eigenvalue weighted by atomic mass is 15.2. The fraction of sp³-hybridized carbons (Fsp3) is 0.250. The van der Waals surface area contributed by atoms with E-state index in [0.717, 1.165) is 11.4 Å². The molecule has 2 heterocycles. The number of nitrogens with zero attached hydrogens (tertiary/aromatic N) is 4. The van der Waals surface area contributed by atoms with Crippen molar-refractivity contribution in [3.63, 3.8) is 0 Å². The van der Waals surface area contributed by atoms with E-state index in [-0.39, 0.29) is 0 Å². The van der Waals surface area contributed by atoms with Gasteiger partial charge < -0.3 is 16.0 Å². The van der Waals surface area contributed by atoms with Gasteiger partial charge in [0.05, 0.1) is 0 Å². The Labute approximate surface area is 106 Å². The molecule has 0 aliphatic heterocycles. The van der Waals surface area contributed by atoms with Crippen LogP contribution in [0.1, 0.15) is 5.56 Å². The maximum Gasteiger partial charge on any atom is 0.160 e. The molecule has 3 N–H and O–H groups in total. The Morgan fingerprint density at radius 1 is 1.17 bits per heavy atom. The monoisotopic (exact) mass is 244 g/mol. The summed E-state index contributed by atoms with van der Waals surface area (Å²) >= 11 is 0. The number of pyridine rings is 1. The van der Waals surface area contributed by atoms with Crippen molar-refractivity contribution in [1.82, 2.24) is 15.0 Å². The van der Waals surface area contributed by atoms with E-state index in [4.69, 9.17) is 5.73 Å². The topological polar surface area (TPSA) is 80.0 Å². The SMILES string of the molecule is Cc1cccnc1Nc1ncnc(N(C)C)c1N. The van der Waals surface area contributed by atoms with Gasteiger partial charge in [-0.2, -0.15) is 0 Å². The van der Waals surface area contributed by atoms with Crippen LogP contribution in [-0.4, -0.2) is 29.0 Å². The number of aryl methyl sites for hydroxylation is 1. The highest BCUT2D eigenvalue weighted by Crippen LogP contribution is 2.27. The third-order valence-electron chi connectivity index (χ3n) is 2.53. The van der Waals surface area contributed by atoms with Crippen molar-refractivity contribution in [2.75, 3.05) is 30.0 Å². The van der Waals surface area contributed by atoms with E-state index in [2.05, 4.69) is 20.3 Å². The molecule has 0 unspecified atom stereocenters. The Kier molecular flexibility index (Phi) is 3.27. The number of nitrogen functional groups attached to an aromatic ring is 1. The second kappa shape index (κ2) is 4.87. The maximum absolute atomic E-state index is 6.03. The zero-order valence-electron chi connectivity index (χ0n) is 10.7. The van der Waals surface area contributed by atoms with Crippen LogP contribution in [0.4, 0.5) is 23.1 Å². The second-order valence-electron chi connectivity index (χ2n) is 4.15. The lowest BCUT2D eigenvalue weighted by atomic mass is 10.3. The Morgan fingerprint density at radius 2 is 1.94 bits per heavy atom. The number of anilines is 4. The minimum atomic E-state index is 0.507. The maximum atomic E-state index is 6.03. The summed E-state index contributed by atoms with van der Waals surface area (Å²) in [5.41, 5.74) is 7.56. The van der Waals surface area contributed by atoms with Gasteiger partial charge in [-0.15, -0.1) is 0 Å². The van der Waals surface area contributed by atoms with Gasteiger partial charge in [-0.05, 0) is 18.6 Å². The smallest absolute Gasteiger partial charge is 0.160 e. The first-order valence-corrected chi connectivity index (χ1v) is 5.56. The van der Waals surface area contributed by atoms with Crippen LogP contribution in [0.2, 0.25) is 0 Å². The van der Waals surface area contributed by atoms with Crippen molar-refractivity contribution in [1.29, 1.82) is 0 Å². The number of hydrogen-bond donors (Lipinski definition) is 2. The molecule has 2 aromatic heterocycles. The van der Waals surface area contributed by atoms with Gasteiger partial charge in [-0.3, -0.25) is 0 Å². The molecular formula is C12H16N6. The summed E-state index contributed by atoms with van der Waals surface area (Å²) < 4.78 is 0. The quantitative estimate of drug-likeness (QED) is 0.853. The van der Waals surface area contributed by atoms with E-state index in [9.17, 15) is 0 Å². The third-order valence-corrected chi connectivity index (χ3v) is 2.53. The van der Waals surface area contributed by atoms with Crippen molar-refractivity contribution >= 4 is 23.1 Å². The molecule has 0 saturated carbocycles. The largest absolute Gasteiger partial charge is 0.393 e. The molecule has 6 heteroatoms. The number of aromatic nitrogens is 3. The van der Waals surface area contributed by atoms with E-state index in [0.29, 0.717) is 17.3 Å². The van der Waals surface area contributed by atoms with Gasteiger partial charge in [0.15, 0.2) is 11.6 Å². The van der Waals surface area contributed by atoms with Crippen molar-refractivity contribution in [2.45, 2.75) is 6.92 Å². The standard InChI is InChI=1S/C12H16N6/c1-8-5-4-6-14-10(8)17-11-9(13)12(18(2)3)16-7-15-11/h4-7H,13H2,1-3H3,(H,14,15,16,17). The van der Waals surface area contributed by atoms with Gasteiger partial charge in [0.25, 0.3) is 0 Å². The van der Waals surface area contributed by atoms with Crippen LogP contribution in [0.3, 0.4) is 0 Å². The van der Waals surface area contributed by atoms with Gasteiger partial charge in [0.1, 0.15) is 17.8 Å². The highest BCUT2D eigenvalue weighted by molar-refractivity contribution is 5.77. The minimum absolute atomic E-state index is 0.507. The molecule has 0 aromatic carbocycles. The molecule has 0 fully saturated rings. The number of hydrogen-bond acceptors (Lipinski definition) is 6. The summed E-state index contributed by atoms with van der Waals surface area (Å²) in [6.45, 7) is 1.97. The molecule has 0 spiro atoms. The Hall–Kier alpha value is -2.37.